The molecule has 106 valence electrons. The third kappa shape index (κ3) is 4.15. The number of amides is 1. The van der Waals surface area contributed by atoms with Gasteiger partial charge in [0.25, 0.3) is 0 Å². The lowest BCUT2D eigenvalue weighted by Gasteiger charge is -2.02. The van der Waals surface area contributed by atoms with E-state index in [9.17, 15) is 9.59 Å². The van der Waals surface area contributed by atoms with Gasteiger partial charge in [0.2, 0.25) is 5.91 Å². The topological polar surface area (TPSA) is 128 Å². The van der Waals surface area contributed by atoms with Gasteiger partial charge in [0.05, 0.1) is 19.3 Å². The number of nitrogens with zero attached hydrogens (tertiary/aromatic N) is 6. The highest BCUT2D eigenvalue weighted by molar-refractivity contribution is 5.75. The van der Waals surface area contributed by atoms with E-state index < -0.39 is 5.97 Å². The molecule has 0 spiro atoms. The molecule has 20 heavy (non-hydrogen) atoms. The summed E-state index contributed by atoms with van der Waals surface area (Å²) < 4.78 is 2.75. The second-order valence-electron chi connectivity index (χ2n) is 3.99. The van der Waals surface area contributed by atoms with Gasteiger partial charge in [-0.2, -0.15) is 5.10 Å². The van der Waals surface area contributed by atoms with Crippen molar-refractivity contribution in [2.45, 2.75) is 26.1 Å². The highest BCUT2D eigenvalue weighted by Crippen LogP contribution is 1.94. The van der Waals surface area contributed by atoms with Crippen LogP contribution in [-0.4, -0.2) is 46.7 Å². The highest BCUT2D eigenvalue weighted by Gasteiger charge is 2.06. The zero-order chi connectivity index (χ0) is 14.4. The molecule has 2 heterocycles. The summed E-state index contributed by atoms with van der Waals surface area (Å²) >= 11 is 0. The van der Waals surface area contributed by atoms with Crippen LogP contribution in [0.15, 0.2) is 18.9 Å². The van der Waals surface area contributed by atoms with Crippen molar-refractivity contribution in [2.24, 2.45) is 0 Å². The zero-order valence-electron chi connectivity index (χ0n) is 10.5. The second kappa shape index (κ2) is 6.41. The van der Waals surface area contributed by atoms with E-state index in [1.165, 1.54) is 23.5 Å². The van der Waals surface area contributed by atoms with Gasteiger partial charge in [0, 0.05) is 6.42 Å². The molecule has 1 amide bonds. The molecule has 2 rings (SSSR count). The Balaban J connectivity index is 1.72. The van der Waals surface area contributed by atoms with Crippen LogP contribution in [0.25, 0.3) is 0 Å². The van der Waals surface area contributed by atoms with Gasteiger partial charge >= 0.3 is 5.97 Å². The lowest BCUT2D eigenvalue weighted by atomic mass is 10.4. The van der Waals surface area contributed by atoms with E-state index >= 15 is 0 Å². The lowest BCUT2D eigenvalue weighted by molar-refractivity contribution is -0.138. The molecule has 0 unspecified atom stereocenters. The maximum absolute atomic E-state index is 11.6. The van der Waals surface area contributed by atoms with E-state index in [-0.39, 0.29) is 25.4 Å². The first-order valence-corrected chi connectivity index (χ1v) is 5.83. The predicted molar refractivity (Wildman–Crippen MR) is 64.1 cm³/mol. The van der Waals surface area contributed by atoms with E-state index in [0.29, 0.717) is 12.2 Å². The van der Waals surface area contributed by atoms with Crippen molar-refractivity contribution in [1.82, 2.24) is 35.1 Å². The maximum atomic E-state index is 11.6. The number of carboxylic acids is 1. The van der Waals surface area contributed by atoms with Gasteiger partial charge in [-0.15, -0.1) is 5.10 Å². The molecule has 10 heteroatoms. The molecule has 0 aliphatic carbocycles. The first-order chi connectivity index (χ1) is 9.63. The van der Waals surface area contributed by atoms with Crippen molar-refractivity contribution in [3.63, 3.8) is 0 Å². The number of carbonyl (C=O) groups excluding carboxylic acids is 1. The number of carboxylic acid groups (broad SMARTS) is 1. The van der Waals surface area contributed by atoms with E-state index in [4.69, 9.17) is 5.11 Å². The Morgan fingerprint density at radius 3 is 2.90 bits per heavy atom. The number of aryl methyl sites for hydroxylation is 1. The van der Waals surface area contributed by atoms with E-state index in [2.05, 4.69) is 25.7 Å². The zero-order valence-corrected chi connectivity index (χ0v) is 10.5. The molecular weight excluding hydrogens is 266 g/mol. The average molecular weight is 279 g/mol. The predicted octanol–water partition coefficient (Wildman–Crippen LogP) is -1.34. The minimum Gasteiger partial charge on any atom is -0.480 e. The number of carbonyl (C=O) groups is 2. The summed E-state index contributed by atoms with van der Waals surface area (Å²) in [7, 11) is 0. The molecule has 2 aromatic heterocycles. The number of aliphatic carboxylic acids is 1. The van der Waals surface area contributed by atoms with Gasteiger partial charge in [-0.25, -0.2) is 9.67 Å². The smallest absolute Gasteiger partial charge is 0.325 e. The van der Waals surface area contributed by atoms with Crippen LogP contribution in [0.3, 0.4) is 0 Å². The Labute approximate surface area is 113 Å². The van der Waals surface area contributed by atoms with Crippen LogP contribution in [0.4, 0.5) is 0 Å². The van der Waals surface area contributed by atoms with Crippen LogP contribution >= 0.6 is 0 Å². The molecule has 0 saturated carbocycles. The standard InChI is InChI=1S/C10H13N7O3/c18-9(1-2-16-7-11-6-13-16)12-3-8-4-17(15-14-8)5-10(19)20/h4,6-7H,1-3,5H2,(H,12,18)(H,19,20). The number of hydrogen-bond acceptors (Lipinski definition) is 6. The minimum absolute atomic E-state index is 0.159. The van der Waals surface area contributed by atoms with Gasteiger partial charge < -0.3 is 10.4 Å². The van der Waals surface area contributed by atoms with E-state index in [1.54, 1.807) is 4.68 Å². The molecule has 0 aliphatic rings. The molecular formula is C10H13N7O3. The van der Waals surface area contributed by atoms with E-state index in [0.717, 1.165) is 0 Å². The first-order valence-electron chi connectivity index (χ1n) is 5.83. The minimum atomic E-state index is -1.00. The molecule has 0 atom stereocenters. The summed E-state index contributed by atoms with van der Waals surface area (Å²) in [6.07, 6.45) is 4.68. The fraction of sp³-hybridized carbons (Fsp3) is 0.400. The van der Waals surface area contributed by atoms with Crippen LogP contribution < -0.4 is 5.32 Å². The molecule has 0 saturated heterocycles. The molecule has 0 aromatic carbocycles. The summed E-state index contributed by atoms with van der Waals surface area (Å²) in [5.74, 6) is -1.16. The van der Waals surface area contributed by atoms with Crippen molar-refractivity contribution in [1.29, 1.82) is 0 Å². The monoisotopic (exact) mass is 279 g/mol. The number of nitrogens with one attached hydrogen (secondary N) is 1. The Bertz CT molecular complexity index is 577. The Kier molecular flexibility index (Phi) is 4.37. The summed E-state index contributed by atoms with van der Waals surface area (Å²) in [6.45, 7) is 0.389. The van der Waals surface area contributed by atoms with Crippen molar-refractivity contribution in [2.75, 3.05) is 0 Å². The Hall–Kier alpha value is -2.78. The van der Waals surface area contributed by atoms with Crippen molar-refractivity contribution in [3.8, 4) is 0 Å². The Morgan fingerprint density at radius 1 is 1.35 bits per heavy atom. The molecule has 2 N–H and O–H groups in total. The van der Waals surface area contributed by atoms with Gasteiger partial charge in [-0.05, 0) is 0 Å². The van der Waals surface area contributed by atoms with Gasteiger partial charge in [-0.3, -0.25) is 14.3 Å². The summed E-state index contributed by atoms with van der Waals surface area (Å²) in [5.41, 5.74) is 0.500. The van der Waals surface area contributed by atoms with Gasteiger partial charge in [0.15, 0.2) is 0 Å². The maximum Gasteiger partial charge on any atom is 0.325 e. The fourth-order valence-corrected chi connectivity index (χ4v) is 1.48. The first kappa shape index (κ1) is 13.6. The van der Waals surface area contributed by atoms with Crippen molar-refractivity contribution in [3.05, 3.63) is 24.5 Å². The van der Waals surface area contributed by atoms with Crippen LogP contribution in [0.1, 0.15) is 12.1 Å². The Morgan fingerprint density at radius 2 is 2.20 bits per heavy atom. The normalized spacial score (nSPS) is 10.4. The summed E-state index contributed by atoms with van der Waals surface area (Å²) in [4.78, 5) is 25.8. The van der Waals surface area contributed by atoms with Crippen molar-refractivity contribution >= 4 is 11.9 Å². The highest BCUT2D eigenvalue weighted by atomic mass is 16.4. The fourth-order valence-electron chi connectivity index (χ4n) is 1.48. The quantitative estimate of drug-likeness (QED) is 0.642. The largest absolute Gasteiger partial charge is 0.480 e. The van der Waals surface area contributed by atoms with Gasteiger partial charge in [0.1, 0.15) is 24.9 Å². The molecule has 0 radical (unpaired) electrons. The van der Waals surface area contributed by atoms with Crippen LogP contribution in [0.2, 0.25) is 0 Å². The van der Waals surface area contributed by atoms with Gasteiger partial charge in [-0.1, -0.05) is 5.21 Å². The number of aromatic nitrogens is 6. The SMILES string of the molecule is O=C(O)Cn1cc(CNC(=O)CCn2cncn2)nn1. The van der Waals surface area contributed by atoms with Crippen molar-refractivity contribution < 1.29 is 14.7 Å². The summed E-state index contributed by atoms with van der Waals surface area (Å²) in [6, 6.07) is 0. The molecule has 0 aliphatic heterocycles. The third-order valence-corrected chi connectivity index (χ3v) is 2.38. The molecule has 0 fully saturated rings. The van der Waals surface area contributed by atoms with Crippen LogP contribution in [0, 0.1) is 0 Å². The molecule has 2 aromatic rings. The molecule has 10 nitrogen and oxygen atoms in total. The average Bonchev–Trinajstić information content (AvgIpc) is 3.04. The third-order valence-electron chi connectivity index (χ3n) is 2.38. The van der Waals surface area contributed by atoms with Crippen LogP contribution in [-0.2, 0) is 29.2 Å². The lowest BCUT2D eigenvalue weighted by Crippen LogP contribution is -2.24. The number of rotatable bonds is 7. The summed E-state index contributed by atoms with van der Waals surface area (Å²) in [5, 5.41) is 22.5. The van der Waals surface area contributed by atoms with Crippen LogP contribution in [0.5, 0.6) is 0 Å². The number of hydrogen-bond donors (Lipinski definition) is 2. The second-order valence-corrected chi connectivity index (χ2v) is 3.99. The molecule has 0 bridgehead atoms. The van der Waals surface area contributed by atoms with E-state index in [1.807, 2.05) is 0 Å².